The third-order valence-corrected chi connectivity index (χ3v) is 3.91. The molecule has 4 N–H and O–H groups in total. The largest absolute Gasteiger partial charge is 0.396 e. The van der Waals surface area contributed by atoms with Gasteiger partial charge in [0.1, 0.15) is 0 Å². The minimum atomic E-state index is -0.635. The first-order chi connectivity index (χ1) is 7.81. The molecule has 0 aliphatic heterocycles. The molecule has 4 nitrogen and oxygen atoms in total. The van der Waals surface area contributed by atoms with Gasteiger partial charge in [0, 0.05) is 12.6 Å². The minimum absolute atomic E-state index is 0.213. The van der Waals surface area contributed by atoms with Crippen LogP contribution >= 0.6 is 11.8 Å². The summed E-state index contributed by atoms with van der Waals surface area (Å²) < 4.78 is 0. The number of rotatable bonds is 9. The second-order valence-electron chi connectivity index (χ2n) is 5.11. The number of hydrogen-bond acceptors (Lipinski definition) is 4. The molecule has 0 aromatic heterocycles. The summed E-state index contributed by atoms with van der Waals surface area (Å²) >= 11 is 1.75. The Bertz CT molecular complexity index is 237. The predicted molar refractivity (Wildman–Crippen MR) is 74.1 cm³/mol. The average Bonchev–Trinajstić information content (AvgIpc) is 2.22. The highest BCUT2D eigenvalue weighted by Gasteiger charge is 2.30. The number of nitrogens with one attached hydrogen (secondary N) is 1. The van der Waals surface area contributed by atoms with E-state index in [1.165, 1.54) is 0 Å². The Hall–Kier alpha value is -0.260. The van der Waals surface area contributed by atoms with Gasteiger partial charge in [0.2, 0.25) is 5.91 Å². The number of hydrogen-bond donors (Lipinski definition) is 3. The van der Waals surface area contributed by atoms with E-state index in [-0.39, 0.29) is 18.6 Å². The smallest absolute Gasteiger partial charge is 0.237 e. The van der Waals surface area contributed by atoms with Crippen molar-refractivity contribution >= 4 is 17.7 Å². The molecule has 0 rings (SSSR count). The molecule has 2 unspecified atom stereocenters. The first-order valence-corrected chi connectivity index (χ1v) is 7.23. The van der Waals surface area contributed by atoms with Crippen molar-refractivity contribution in [2.45, 2.75) is 45.7 Å². The zero-order valence-electron chi connectivity index (χ0n) is 11.3. The van der Waals surface area contributed by atoms with E-state index in [1.807, 2.05) is 27.7 Å². The fourth-order valence-electron chi connectivity index (χ4n) is 1.52. The van der Waals surface area contributed by atoms with Crippen molar-refractivity contribution in [1.82, 2.24) is 5.32 Å². The molecule has 17 heavy (non-hydrogen) atoms. The van der Waals surface area contributed by atoms with Crippen LogP contribution in [0.4, 0.5) is 0 Å². The Balaban J connectivity index is 4.06. The van der Waals surface area contributed by atoms with Crippen LogP contribution in [-0.2, 0) is 4.79 Å². The Kier molecular flexibility index (Phi) is 7.83. The molecule has 0 bridgehead atoms. The van der Waals surface area contributed by atoms with Crippen LogP contribution in [0.25, 0.3) is 0 Å². The van der Waals surface area contributed by atoms with Crippen molar-refractivity contribution in [2.24, 2.45) is 11.7 Å². The molecule has 0 saturated carbocycles. The van der Waals surface area contributed by atoms with Crippen molar-refractivity contribution in [3.63, 3.8) is 0 Å². The Labute approximate surface area is 109 Å². The van der Waals surface area contributed by atoms with Gasteiger partial charge in [-0.2, -0.15) is 11.8 Å². The number of amides is 1. The fourth-order valence-corrected chi connectivity index (χ4v) is 2.74. The molecule has 0 saturated heterocycles. The van der Waals surface area contributed by atoms with Gasteiger partial charge in [-0.25, -0.2) is 0 Å². The maximum atomic E-state index is 11.5. The van der Waals surface area contributed by atoms with Crippen molar-refractivity contribution < 1.29 is 9.90 Å². The predicted octanol–water partition coefficient (Wildman–Crippen LogP) is 0.980. The summed E-state index contributed by atoms with van der Waals surface area (Å²) in [7, 11) is 0. The van der Waals surface area contributed by atoms with Gasteiger partial charge < -0.3 is 16.2 Å². The zero-order chi connectivity index (χ0) is 13.5. The third kappa shape index (κ3) is 6.91. The van der Waals surface area contributed by atoms with Crippen molar-refractivity contribution in [1.29, 1.82) is 0 Å². The van der Waals surface area contributed by atoms with E-state index in [9.17, 15) is 4.79 Å². The van der Waals surface area contributed by atoms with Gasteiger partial charge in [0.15, 0.2) is 0 Å². The van der Waals surface area contributed by atoms with Gasteiger partial charge in [-0.15, -0.1) is 0 Å². The number of aliphatic hydroxyl groups is 1. The summed E-state index contributed by atoms with van der Waals surface area (Å²) in [6.45, 7) is 8.08. The van der Waals surface area contributed by atoms with Crippen LogP contribution in [0.5, 0.6) is 0 Å². The van der Waals surface area contributed by atoms with Gasteiger partial charge in [-0.1, -0.05) is 6.92 Å². The first kappa shape index (κ1) is 16.7. The van der Waals surface area contributed by atoms with Crippen LogP contribution in [0, 0.1) is 5.92 Å². The topological polar surface area (TPSA) is 75.3 Å². The molecule has 0 aliphatic rings. The molecule has 0 spiro atoms. The van der Waals surface area contributed by atoms with E-state index >= 15 is 0 Å². The Morgan fingerprint density at radius 3 is 2.47 bits per heavy atom. The van der Waals surface area contributed by atoms with E-state index in [2.05, 4.69) is 5.32 Å². The lowest BCUT2D eigenvalue weighted by atomic mass is 9.97. The highest BCUT2D eigenvalue weighted by atomic mass is 32.2. The molecule has 102 valence electrons. The van der Waals surface area contributed by atoms with Crippen LogP contribution in [-0.4, -0.2) is 40.7 Å². The Morgan fingerprint density at radius 2 is 2.06 bits per heavy atom. The van der Waals surface area contributed by atoms with Gasteiger partial charge in [0.05, 0.1) is 5.54 Å². The van der Waals surface area contributed by atoms with Crippen LogP contribution < -0.4 is 11.1 Å². The second-order valence-corrected chi connectivity index (χ2v) is 6.26. The SMILES string of the molecule is CC(CO)CSCCC(C)(NC(C)C)C(N)=O. The van der Waals surface area contributed by atoms with Crippen molar-refractivity contribution in [3.8, 4) is 0 Å². The monoisotopic (exact) mass is 262 g/mol. The molecule has 0 fully saturated rings. The molecular formula is C12H26N2O2S. The quantitative estimate of drug-likeness (QED) is 0.542. The molecule has 0 aliphatic carbocycles. The normalized spacial score (nSPS) is 16.8. The summed E-state index contributed by atoms with van der Waals surface area (Å²) in [6, 6.07) is 0.230. The van der Waals surface area contributed by atoms with E-state index in [0.717, 1.165) is 11.5 Å². The van der Waals surface area contributed by atoms with Crippen LogP contribution in [0.1, 0.15) is 34.1 Å². The van der Waals surface area contributed by atoms with Crippen LogP contribution in [0.3, 0.4) is 0 Å². The molecule has 0 aromatic rings. The lowest BCUT2D eigenvalue weighted by Crippen LogP contribution is -2.55. The lowest BCUT2D eigenvalue weighted by molar-refractivity contribution is -0.124. The van der Waals surface area contributed by atoms with Gasteiger partial charge in [-0.3, -0.25) is 4.79 Å². The van der Waals surface area contributed by atoms with Crippen LogP contribution in [0.2, 0.25) is 0 Å². The highest BCUT2D eigenvalue weighted by molar-refractivity contribution is 7.99. The standard InChI is InChI=1S/C12H26N2O2S/c1-9(2)14-12(4,11(13)16)5-6-17-8-10(3)7-15/h9-10,14-15H,5-8H2,1-4H3,(H2,13,16). The molecule has 5 heteroatoms. The van der Waals surface area contributed by atoms with E-state index in [0.29, 0.717) is 12.3 Å². The number of thioether (sulfide) groups is 1. The van der Waals surface area contributed by atoms with Gasteiger partial charge in [0.25, 0.3) is 0 Å². The summed E-state index contributed by atoms with van der Waals surface area (Å²) in [4.78, 5) is 11.5. The van der Waals surface area contributed by atoms with Gasteiger partial charge in [-0.05, 0) is 44.6 Å². The number of carbonyl (C=O) groups excluding carboxylic acids is 1. The first-order valence-electron chi connectivity index (χ1n) is 6.08. The third-order valence-electron chi connectivity index (χ3n) is 2.61. The van der Waals surface area contributed by atoms with E-state index in [4.69, 9.17) is 10.8 Å². The summed E-state index contributed by atoms with van der Waals surface area (Å²) in [5.74, 6) is 1.77. The van der Waals surface area contributed by atoms with E-state index in [1.54, 1.807) is 11.8 Å². The number of aliphatic hydroxyl groups excluding tert-OH is 1. The summed E-state index contributed by atoms with van der Waals surface area (Å²) in [6.07, 6.45) is 0.712. The van der Waals surface area contributed by atoms with Crippen LogP contribution in [0.15, 0.2) is 0 Å². The average molecular weight is 262 g/mol. The fraction of sp³-hybridized carbons (Fsp3) is 0.917. The maximum Gasteiger partial charge on any atom is 0.237 e. The zero-order valence-corrected chi connectivity index (χ0v) is 12.1. The molecule has 0 aromatic carbocycles. The minimum Gasteiger partial charge on any atom is -0.396 e. The summed E-state index contributed by atoms with van der Waals surface area (Å²) in [5.41, 5.74) is 4.80. The molecule has 1 amide bonds. The molecule has 2 atom stereocenters. The molecule has 0 radical (unpaired) electrons. The number of nitrogens with two attached hydrogens (primary N) is 1. The maximum absolute atomic E-state index is 11.5. The van der Waals surface area contributed by atoms with Gasteiger partial charge >= 0.3 is 0 Å². The number of carbonyl (C=O) groups is 1. The summed E-state index contributed by atoms with van der Waals surface area (Å²) in [5, 5.41) is 12.1. The molecule has 0 heterocycles. The molecular weight excluding hydrogens is 236 g/mol. The van der Waals surface area contributed by atoms with Crippen molar-refractivity contribution in [3.05, 3.63) is 0 Å². The van der Waals surface area contributed by atoms with E-state index < -0.39 is 5.54 Å². The number of primary amides is 1. The van der Waals surface area contributed by atoms with Crippen molar-refractivity contribution in [2.75, 3.05) is 18.1 Å². The second kappa shape index (κ2) is 7.95. The highest BCUT2D eigenvalue weighted by Crippen LogP contribution is 2.16. The Morgan fingerprint density at radius 1 is 1.47 bits per heavy atom. The lowest BCUT2D eigenvalue weighted by Gasteiger charge is -2.29.